The molecule has 1 N–H and O–H groups in total. The number of hydrogen-bond donors (Lipinski definition) is 1. The van der Waals surface area contributed by atoms with E-state index >= 15 is 0 Å². The standard InChI is InChI=1S/C3H4ClFO/c4-1-3(5)2-6/h1,6H,2H2/b3-1-. The van der Waals surface area contributed by atoms with E-state index in [0.717, 1.165) is 0 Å². The lowest BCUT2D eigenvalue weighted by molar-refractivity contribution is 0.299. The second-order valence-electron chi connectivity index (χ2n) is 0.714. The zero-order chi connectivity index (χ0) is 4.99. The fourth-order valence-electron chi connectivity index (χ4n) is 0.0345. The molecule has 0 unspecified atom stereocenters. The summed E-state index contributed by atoms with van der Waals surface area (Å²) in [4.78, 5) is 0. The average molecular weight is 111 g/mol. The van der Waals surface area contributed by atoms with Crippen LogP contribution in [0.2, 0.25) is 0 Å². The minimum Gasteiger partial charge on any atom is -0.389 e. The first-order valence-electron chi connectivity index (χ1n) is 1.37. The molecule has 0 amide bonds. The van der Waals surface area contributed by atoms with Gasteiger partial charge < -0.3 is 5.11 Å². The Kier molecular flexibility index (Phi) is 3.08. The monoisotopic (exact) mass is 110 g/mol. The van der Waals surface area contributed by atoms with Crippen LogP contribution < -0.4 is 0 Å². The van der Waals surface area contributed by atoms with Gasteiger partial charge in [-0.2, -0.15) is 0 Å². The van der Waals surface area contributed by atoms with Crippen LogP contribution in [0, 0.1) is 0 Å². The third-order valence-electron chi connectivity index (χ3n) is 0.269. The molecule has 0 saturated heterocycles. The Bertz CT molecular complexity index is 61.8. The molecule has 0 rings (SSSR count). The molecule has 0 aliphatic rings. The molecule has 0 radical (unpaired) electrons. The Labute approximate surface area is 40.0 Å². The summed E-state index contributed by atoms with van der Waals surface area (Å²) in [6.07, 6.45) is 0. The van der Waals surface area contributed by atoms with Crippen LogP contribution in [0.5, 0.6) is 0 Å². The second-order valence-corrected chi connectivity index (χ2v) is 0.932. The highest BCUT2D eigenvalue weighted by Gasteiger charge is 1.82. The van der Waals surface area contributed by atoms with Crippen LogP contribution in [0.1, 0.15) is 0 Å². The molecule has 0 saturated carbocycles. The summed E-state index contributed by atoms with van der Waals surface area (Å²) >= 11 is 4.76. The molecule has 0 atom stereocenters. The molecule has 0 fully saturated rings. The number of aliphatic hydroxyl groups excluding tert-OH is 1. The van der Waals surface area contributed by atoms with Crippen molar-refractivity contribution >= 4 is 11.6 Å². The van der Waals surface area contributed by atoms with Gasteiger partial charge in [0.25, 0.3) is 0 Å². The van der Waals surface area contributed by atoms with Crippen molar-refractivity contribution < 1.29 is 9.50 Å². The minimum atomic E-state index is -0.711. The van der Waals surface area contributed by atoms with Crippen LogP contribution in [0.3, 0.4) is 0 Å². The van der Waals surface area contributed by atoms with Crippen LogP contribution in [0.15, 0.2) is 11.4 Å². The van der Waals surface area contributed by atoms with E-state index in [0.29, 0.717) is 5.54 Å². The molecule has 0 aliphatic carbocycles. The Morgan fingerprint density at radius 1 is 2.00 bits per heavy atom. The maximum Gasteiger partial charge on any atom is 0.137 e. The molecular weight excluding hydrogens is 106 g/mol. The Hall–Kier alpha value is -0.0800. The average Bonchev–Trinajstić information content (AvgIpc) is 1.65. The maximum atomic E-state index is 11.3. The first-order chi connectivity index (χ1) is 2.81. The maximum absolute atomic E-state index is 11.3. The van der Waals surface area contributed by atoms with Gasteiger partial charge in [0.1, 0.15) is 5.83 Å². The predicted octanol–water partition coefficient (Wildman–Crippen LogP) is 1.03. The molecule has 0 spiro atoms. The third kappa shape index (κ3) is 2.18. The molecule has 0 aromatic rings. The zero-order valence-corrected chi connectivity index (χ0v) is 3.74. The smallest absolute Gasteiger partial charge is 0.137 e. The molecule has 0 aliphatic heterocycles. The Morgan fingerprint density at radius 3 is 2.50 bits per heavy atom. The van der Waals surface area contributed by atoms with E-state index in [9.17, 15) is 4.39 Å². The summed E-state index contributed by atoms with van der Waals surface area (Å²) < 4.78 is 11.3. The van der Waals surface area contributed by atoms with Gasteiger partial charge in [0.05, 0.1) is 6.61 Å². The molecular formula is C3H4ClFO. The molecule has 3 heteroatoms. The van der Waals surface area contributed by atoms with E-state index < -0.39 is 12.4 Å². The van der Waals surface area contributed by atoms with E-state index in [1.165, 1.54) is 0 Å². The fraction of sp³-hybridized carbons (Fsp3) is 0.333. The summed E-state index contributed by atoms with van der Waals surface area (Å²) in [5.74, 6) is -0.711. The minimum absolute atomic E-state index is 0.608. The lowest BCUT2D eigenvalue weighted by Crippen LogP contribution is -1.76. The topological polar surface area (TPSA) is 20.2 Å². The highest BCUT2D eigenvalue weighted by molar-refractivity contribution is 6.25. The number of rotatable bonds is 1. The van der Waals surface area contributed by atoms with Gasteiger partial charge in [-0.1, -0.05) is 11.6 Å². The van der Waals surface area contributed by atoms with Crippen molar-refractivity contribution in [1.82, 2.24) is 0 Å². The van der Waals surface area contributed by atoms with Crippen LogP contribution in [-0.4, -0.2) is 11.7 Å². The molecule has 36 valence electrons. The number of hydrogen-bond acceptors (Lipinski definition) is 1. The molecule has 1 nitrogen and oxygen atoms in total. The summed E-state index contributed by atoms with van der Waals surface area (Å²) in [6.45, 7) is -0.608. The van der Waals surface area contributed by atoms with Crippen LogP contribution in [0.4, 0.5) is 4.39 Å². The SMILES string of the molecule is OC/C(F)=C/Cl. The first-order valence-corrected chi connectivity index (χ1v) is 1.80. The summed E-state index contributed by atoms with van der Waals surface area (Å²) in [7, 11) is 0. The van der Waals surface area contributed by atoms with Crippen molar-refractivity contribution in [2.45, 2.75) is 0 Å². The van der Waals surface area contributed by atoms with Crippen molar-refractivity contribution in [2.75, 3.05) is 6.61 Å². The van der Waals surface area contributed by atoms with Gasteiger partial charge in [0.15, 0.2) is 0 Å². The van der Waals surface area contributed by atoms with Gasteiger partial charge in [-0.3, -0.25) is 0 Å². The van der Waals surface area contributed by atoms with E-state index in [1.54, 1.807) is 0 Å². The van der Waals surface area contributed by atoms with Crippen molar-refractivity contribution in [3.63, 3.8) is 0 Å². The van der Waals surface area contributed by atoms with Gasteiger partial charge in [0.2, 0.25) is 0 Å². The normalized spacial score (nSPS) is 12.2. The van der Waals surface area contributed by atoms with E-state index in [1.807, 2.05) is 0 Å². The van der Waals surface area contributed by atoms with Crippen molar-refractivity contribution in [3.05, 3.63) is 11.4 Å². The Morgan fingerprint density at radius 2 is 2.50 bits per heavy atom. The summed E-state index contributed by atoms with van der Waals surface area (Å²) in [5.41, 5.74) is 0.694. The van der Waals surface area contributed by atoms with Gasteiger partial charge in [-0.05, 0) is 0 Å². The van der Waals surface area contributed by atoms with Crippen LogP contribution >= 0.6 is 11.6 Å². The van der Waals surface area contributed by atoms with Crippen molar-refractivity contribution in [3.8, 4) is 0 Å². The Balaban J connectivity index is 3.22. The molecule has 0 aromatic carbocycles. The van der Waals surface area contributed by atoms with Crippen LogP contribution in [-0.2, 0) is 0 Å². The summed E-state index contributed by atoms with van der Waals surface area (Å²) in [5, 5.41) is 7.81. The van der Waals surface area contributed by atoms with Crippen molar-refractivity contribution in [2.24, 2.45) is 0 Å². The summed E-state index contributed by atoms with van der Waals surface area (Å²) in [6, 6.07) is 0. The third-order valence-corrected chi connectivity index (χ3v) is 0.506. The molecule has 6 heavy (non-hydrogen) atoms. The highest BCUT2D eigenvalue weighted by atomic mass is 35.5. The quantitative estimate of drug-likeness (QED) is 0.535. The molecule has 0 heterocycles. The predicted molar refractivity (Wildman–Crippen MR) is 22.1 cm³/mol. The molecule has 0 aromatic heterocycles. The van der Waals surface area contributed by atoms with E-state index in [4.69, 9.17) is 16.7 Å². The number of halogens is 2. The fourth-order valence-corrected chi connectivity index (χ4v) is 0.104. The molecule has 0 bridgehead atoms. The zero-order valence-electron chi connectivity index (χ0n) is 2.99. The highest BCUT2D eigenvalue weighted by Crippen LogP contribution is 1.93. The van der Waals surface area contributed by atoms with Gasteiger partial charge in [0, 0.05) is 5.54 Å². The first kappa shape index (κ1) is 5.92. The van der Waals surface area contributed by atoms with Gasteiger partial charge >= 0.3 is 0 Å². The largest absolute Gasteiger partial charge is 0.389 e. The van der Waals surface area contributed by atoms with E-state index in [2.05, 4.69) is 0 Å². The lowest BCUT2D eigenvalue weighted by atomic mass is 10.7. The second kappa shape index (κ2) is 3.12. The lowest BCUT2D eigenvalue weighted by Gasteiger charge is -1.78. The van der Waals surface area contributed by atoms with Gasteiger partial charge in [-0.25, -0.2) is 4.39 Å². The van der Waals surface area contributed by atoms with Crippen LogP contribution in [0.25, 0.3) is 0 Å². The number of aliphatic hydroxyl groups is 1. The van der Waals surface area contributed by atoms with Gasteiger partial charge in [-0.15, -0.1) is 0 Å². The van der Waals surface area contributed by atoms with E-state index in [-0.39, 0.29) is 0 Å². The van der Waals surface area contributed by atoms with Crippen molar-refractivity contribution in [1.29, 1.82) is 0 Å².